The zero-order valence-corrected chi connectivity index (χ0v) is 15.3. The molecule has 0 fully saturated rings. The summed E-state index contributed by atoms with van der Waals surface area (Å²) in [6.07, 6.45) is 19.0. The van der Waals surface area contributed by atoms with Gasteiger partial charge in [0.1, 0.15) is 0 Å². The molecule has 1 aliphatic carbocycles. The zero-order chi connectivity index (χ0) is 17.4. The molecule has 24 heavy (non-hydrogen) atoms. The van der Waals surface area contributed by atoms with Gasteiger partial charge in [-0.2, -0.15) is 0 Å². The maximum atomic E-state index is 4.18. The van der Waals surface area contributed by atoms with Crippen LogP contribution in [0.2, 0.25) is 0 Å². The number of benzene rings is 1. The molecule has 2 rings (SSSR count). The molecule has 0 amide bonds. The topological polar surface area (TPSA) is 0 Å². The van der Waals surface area contributed by atoms with Crippen molar-refractivity contribution in [2.45, 2.75) is 40.0 Å². The molecule has 0 heterocycles. The minimum Gasteiger partial charge on any atom is -0.0952 e. The summed E-state index contributed by atoms with van der Waals surface area (Å²) in [5, 5.41) is 0. The molecule has 0 spiro atoms. The van der Waals surface area contributed by atoms with Crippen LogP contribution in [0.1, 0.15) is 37.8 Å². The Kier molecular flexibility index (Phi) is 7.06. The van der Waals surface area contributed by atoms with Crippen molar-refractivity contribution in [3.63, 3.8) is 0 Å². The molecular formula is C24H30. The first kappa shape index (κ1) is 18.3. The molecule has 0 radical (unpaired) electrons. The highest BCUT2D eigenvalue weighted by Gasteiger charge is 2.14. The van der Waals surface area contributed by atoms with E-state index in [1.165, 1.54) is 22.3 Å². The molecule has 0 N–H and O–H groups in total. The maximum absolute atomic E-state index is 4.18. The van der Waals surface area contributed by atoms with Crippen LogP contribution in [0.4, 0.5) is 0 Å². The number of hydrogen-bond donors (Lipinski definition) is 0. The van der Waals surface area contributed by atoms with Gasteiger partial charge in [0.15, 0.2) is 0 Å². The molecule has 2 unspecified atom stereocenters. The number of hydrogen-bond acceptors (Lipinski definition) is 0. The van der Waals surface area contributed by atoms with Crippen molar-refractivity contribution in [2.24, 2.45) is 11.8 Å². The van der Waals surface area contributed by atoms with E-state index >= 15 is 0 Å². The van der Waals surface area contributed by atoms with Crippen molar-refractivity contribution in [3.8, 4) is 0 Å². The zero-order valence-electron chi connectivity index (χ0n) is 15.3. The largest absolute Gasteiger partial charge is 0.0952 e. The molecule has 1 aromatic carbocycles. The number of rotatable bonds is 7. The fraction of sp³-hybridized carbons (Fsp3) is 0.333. The predicted molar refractivity (Wildman–Crippen MR) is 107 cm³/mol. The molecule has 1 aliphatic rings. The predicted octanol–water partition coefficient (Wildman–Crippen LogP) is 6.75. The SMILES string of the molecule is C=C1C=CC(C(C)CC=CCc2ccc(C)cc2)=CC1CC=CC. The average molecular weight is 319 g/mol. The van der Waals surface area contributed by atoms with Crippen molar-refractivity contribution in [1.82, 2.24) is 0 Å². The molecule has 0 saturated heterocycles. The molecular weight excluding hydrogens is 288 g/mol. The van der Waals surface area contributed by atoms with Crippen LogP contribution in [-0.4, -0.2) is 0 Å². The molecule has 0 aliphatic heterocycles. The van der Waals surface area contributed by atoms with Gasteiger partial charge >= 0.3 is 0 Å². The summed E-state index contributed by atoms with van der Waals surface area (Å²) in [4.78, 5) is 0. The lowest BCUT2D eigenvalue weighted by Gasteiger charge is -2.21. The molecule has 0 aromatic heterocycles. The second-order valence-electron chi connectivity index (χ2n) is 6.78. The lowest BCUT2D eigenvalue weighted by molar-refractivity contribution is 0.681. The van der Waals surface area contributed by atoms with Gasteiger partial charge in [-0.1, -0.05) is 85.9 Å². The highest BCUT2D eigenvalue weighted by molar-refractivity contribution is 5.38. The summed E-state index contributed by atoms with van der Waals surface area (Å²) in [7, 11) is 0. The fourth-order valence-electron chi connectivity index (χ4n) is 2.93. The minimum absolute atomic E-state index is 0.459. The smallest absolute Gasteiger partial charge is 0.00525 e. The normalized spacial score (nSPS) is 19.2. The van der Waals surface area contributed by atoms with Gasteiger partial charge in [-0.15, -0.1) is 0 Å². The van der Waals surface area contributed by atoms with E-state index in [1.54, 1.807) is 0 Å². The van der Waals surface area contributed by atoms with Crippen LogP contribution >= 0.6 is 0 Å². The summed E-state index contributed by atoms with van der Waals surface area (Å²) in [6.45, 7) is 10.7. The molecule has 2 atom stereocenters. The Morgan fingerprint density at radius 2 is 1.83 bits per heavy atom. The lowest BCUT2D eigenvalue weighted by Crippen LogP contribution is -2.07. The van der Waals surface area contributed by atoms with Crippen molar-refractivity contribution in [3.05, 3.63) is 95.6 Å². The molecule has 126 valence electrons. The van der Waals surface area contributed by atoms with E-state index in [-0.39, 0.29) is 0 Å². The van der Waals surface area contributed by atoms with Crippen LogP contribution in [0.5, 0.6) is 0 Å². The van der Waals surface area contributed by atoms with Crippen molar-refractivity contribution >= 4 is 0 Å². The van der Waals surface area contributed by atoms with Gasteiger partial charge in [-0.05, 0) is 55.7 Å². The van der Waals surface area contributed by atoms with E-state index in [0.29, 0.717) is 11.8 Å². The summed E-state index contributed by atoms with van der Waals surface area (Å²) in [6, 6.07) is 8.79. The first-order valence-electron chi connectivity index (χ1n) is 9.00. The van der Waals surface area contributed by atoms with Crippen molar-refractivity contribution in [1.29, 1.82) is 0 Å². The van der Waals surface area contributed by atoms with Crippen LogP contribution in [0.25, 0.3) is 0 Å². The molecule has 0 bridgehead atoms. The van der Waals surface area contributed by atoms with Crippen molar-refractivity contribution < 1.29 is 0 Å². The minimum atomic E-state index is 0.459. The second-order valence-corrected chi connectivity index (χ2v) is 6.78. The molecule has 0 nitrogen and oxygen atoms in total. The van der Waals surface area contributed by atoms with E-state index in [4.69, 9.17) is 0 Å². The van der Waals surface area contributed by atoms with Gasteiger partial charge in [0.05, 0.1) is 0 Å². The Morgan fingerprint density at radius 1 is 1.08 bits per heavy atom. The average Bonchev–Trinajstić information content (AvgIpc) is 2.59. The highest BCUT2D eigenvalue weighted by Crippen LogP contribution is 2.29. The van der Waals surface area contributed by atoms with E-state index in [1.807, 2.05) is 0 Å². The van der Waals surface area contributed by atoms with Gasteiger partial charge in [0.2, 0.25) is 0 Å². The Balaban J connectivity index is 1.88. The Hall–Kier alpha value is -2.08. The van der Waals surface area contributed by atoms with Crippen LogP contribution in [0.15, 0.2) is 84.5 Å². The molecule has 0 heteroatoms. The number of allylic oxidation sites excluding steroid dienone is 9. The third-order valence-electron chi connectivity index (χ3n) is 4.68. The van der Waals surface area contributed by atoms with Crippen molar-refractivity contribution in [2.75, 3.05) is 0 Å². The van der Waals surface area contributed by atoms with Crippen LogP contribution < -0.4 is 0 Å². The third kappa shape index (κ3) is 5.53. The van der Waals surface area contributed by atoms with Gasteiger partial charge in [0.25, 0.3) is 0 Å². The van der Waals surface area contributed by atoms with Crippen LogP contribution in [-0.2, 0) is 6.42 Å². The van der Waals surface area contributed by atoms with Crippen LogP contribution in [0, 0.1) is 18.8 Å². The number of aryl methyl sites for hydroxylation is 1. The first-order chi connectivity index (χ1) is 11.6. The quantitative estimate of drug-likeness (QED) is 0.487. The highest BCUT2D eigenvalue weighted by atomic mass is 14.2. The Morgan fingerprint density at radius 3 is 2.54 bits per heavy atom. The lowest BCUT2D eigenvalue weighted by atomic mass is 9.84. The van der Waals surface area contributed by atoms with E-state index in [2.05, 4.69) is 94.1 Å². The summed E-state index contributed by atoms with van der Waals surface area (Å²) >= 11 is 0. The van der Waals surface area contributed by atoms with Gasteiger partial charge in [-0.25, -0.2) is 0 Å². The molecule has 0 saturated carbocycles. The van der Waals surface area contributed by atoms with Gasteiger partial charge < -0.3 is 0 Å². The first-order valence-corrected chi connectivity index (χ1v) is 9.00. The monoisotopic (exact) mass is 318 g/mol. The van der Waals surface area contributed by atoms with Gasteiger partial charge in [0, 0.05) is 5.92 Å². The van der Waals surface area contributed by atoms with E-state index < -0.39 is 0 Å². The summed E-state index contributed by atoms with van der Waals surface area (Å²) in [5.74, 6) is 1.01. The van der Waals surface area contributed by atoms with E-state index in [9.17, 15) is 0 Å². The summed E-state index contributed by atoms with van der Waals surface area (Å²) < 4.78 is 0. The van der Waals surface area contributed by atoms with Crippen LogP contribution in [0.3, 0.4) is 0 Å². The Labute approximate surface area is 148 Å². The van der Waals surface area contributed by atoms with E-state index in [0.717, 1.165) is 19.3 Å². The van der Waals surface area contributed by atoms with Gasteiger partial charge in [-0.3, -0.25) is 0 Å². The molecule has 1 aromatic rings. The third-order valence-corrected chi connectivity index (χ3v) is 4.68. The maximum Gasteiger partial charge on any atom is 0.00525 e. The second kappa shape index (κ2) is 9.27. The fourth-order valence-corrected chi connectivity index (χ4v) is 2.93. The Bertz CT molecular complexity index is 650. The summed E-state index contributed by atoms with van der Waals surface area (Å²) in [5.41, 5.74) is 5.36. The standard InChI is InChI=1S/C24H30/c1-5-6-11-23-18-24(17-14-21(23)4)20(3)9-7-8-10-22-15-12-19(2)13-16-22/h5-8,12-18,20,23H,4,9-11H2,1-3H3.